The van der Waals surface area contributed by atoms with Crippen molar-refractivity contribution in [1.29, 1.82) is 0 Å². The number of carbonyl (C=O) groups excluding carboxylic acids is 1. The first kappa shape index (κ1) is 21.4. The predicted octanol–water partition coefficient (Wildman–Crippen LogP) is 5.97. The van der Waals surface area contributed by atoms with Gasteiger partial charge in [-0.25, -0.2) is 4.99 Å². The van der Waals surface area contributed by atoms with E-state index < -0.39 is 0 Å². The highest BCUT2D eigenvalue weighted by Crippen LogP contribution is 2.33. The Morgan fingerprint density at radius 2 is 1.79 bits per heavy atom. The molecule has 0 radical (unpaired) electrons. The lowest BCUT2D eigenvalue weighted by molar-refractivity contribution is -0.115. The molecule has 4 nitrogen and oxygen atoms in total. The van der Waals surface area contributed by atoms with Gasteiger partial charge in [-0.1, -0.05) is 18.7 Å². The van der Waals surface area contributed by atoms with Crippen molar-refractivity contribution in [3.63, 3.8) is 0 Å². The summed E-state index contributed by atoms with van der Waals surface area (Å²) in [6.07, 6.45) is 3.60. The molecule has 1 aliphatic rings. The van der Waals surface area contributed by atoms with E-state index >= 15 is 0 Å². The molecular weight excluding hydrogens is 598 g/mol. The van der Waals surface area contributed by atoms with Gasteiger partial charge in [-0.3, -0.25) is 4.79 Å². The lowest BCUT2D eigenvalue weighted by Crippen LogP contribution is -2.19. The number of carbonyl (C=O) groups is 1. The molecule has 1 amide bonds. The highest BCUT2D eigenvalue weighted by molar-refractivity contribution is 14.1. The summed E-state index contributed by atoms with van der Waals surface area (Å²) in [5, 5.41) is 3.44. The number of nitrogens with one attached hydrogen (secondary N) is 1. The summed E-state index contributed by atoms with van der Waals surface area (Å²) in [5.74, 6) is 0.703. The summed E-state index contributed by atoms with van der Waals surface area (Å²) < 4.78 is 7.69. The highest BCUT2D eigenvalue weighted by atomic mass is 127. The average molecular weight is 616 g/mol. The number of benzene rings is 2. The van der Waals surface area contributed by atoms with Gasteiger partial charge in [0.05, 0.1) is 17.7 Å². The zero-order valence-electron chi connectivity index (χ0n) is 15.4. The van der Waals surface area contributed by atoms with Gasteiger partial charge in [0, 0.05) is 0 Å². The van der Waals surface area contributed by atoms with Crippen LogP contribution in [0.4, 0.5) is 5.69 Å². The average Bonchev–Trinajstić information content (AvgIpc) is 2.92. The molecule has 0 saturated carbocycles. The van der Waals surface area contributed by atoms with E-state index in [-0.39, 0.29) is 5.91 Å². The van der Waals surface area contributed by atoms with Gasteiger partial charge in [-0.2, -0.15) is 0 Å². The zero-order valence-corrected chi connectivity index (χ0v) is 20.5. The fourth-order valence-corrected chi connectivity index (χ4v) is 5.68. The molecule has 2 aromatic carbocycles. The number of aryl methyl sites for hydroxylation is 2. The van der Waals surface area contributed by atoms with Crippen LogP contribution in [0.25, 0.3) is 6.08 Å². The van der Waals surface area contributed by atoms with Crippen molar-refractivity contribution in [2.24, 2.45) is 4.99 Å². The molecule has 2 aromatic rings. The topological polar surface area (TPSA) is 50.7 Å². The number of thioether (sulfide) groups is 1. The number of amidine groups is 1. The molecule has 1 fully saturated rings. The molecule has 1 aliphatic heterocycles. The number of hydrogen-bond donors (Lipinski definition) is 1. The second-order valence-corrected chi connectivity index (χ2v) is 9.60. The summed E-state index contributed by atoms with van der Waals surface area (Å²) in [6, 6.07) is 10.1. The number of hydrogen-bond acceptors (Lipinski definition) is 4. The van der Waals surface area contributed by atoms with Crippen molar-refractivity contribution >= 4 is 79.8 Å². The van der Waals surface area contributed by atoms with Gasteiger partial charge in [0.2, 0.25) is 0 Å². The number of amides is 1. The third-order valence-electron chi connectivity index (χ3n) is 3.75. The molecule has 0 bridgehead atoms. The molecule has 28 heavy (non-hydrogen) atoms. The molecule has 0 atom stereocenters. The quantitative estimate of drug-likeness (QED) is 0.256. The first-order chi connectivity index (χ1) is 13.4. The van der Waals surface area contributed by atoms with Crippen molar-refractivity contribution in [2.75, 3.05) is 6.61 Å². The standard InChI is InChI=1S/C21H18I2N2O2S/c1-4-5-27-19-16(22)9-14(10-17(19)23)11-18-20(26)25-21(28-18)24-15-7-12(2)6-13(3)8-15/h4,6-11H,1,5H2,2-3H3,(H,24,25,26)/b18-11-. The van der Waals surface area contributed by atoms with E-state index in [4.69, 9.17) is 4.74 Å². The molecule has 1 heterocycles. The summed E-state index contributed by atoms with van der Waals surface area (Å²) in [5.41, 5.74) is 4.08. The Bertz CT molecular complexity index is 972. The molecule has 1 saturated heterocycles. The fraction of sp³-hybridized carbons (Fsp3) is 0.143. The summed E-state index contributed by atoms with van der Waals surface area (Å²) in [6.45, 7) is 8.21. The van der Waals surface area contributed by atoms with Crippen molar-refractivity contribution in [2.45, 2.75) is 13.8 Å². The maximum absolute atomic E-state index is 12.4. The van der Waals surface area contributed by atoms with Gasteiger partial charge < -0.3 is 10.1 Å². The molecule has 3 rings (SSSR count). The van der Waals surface area contributed by atoms with Gasteiger partial charge in [-0.05, 0) is 118 Å². The Kier molecular flexibility index (Phi) is 7.21. The molecule has 7 heteroatoms. The molecule has 1 N–H and O–H groups in total. The monoisotopic (exact) mass is 616 g/mol. The van der Waals surface area contributed by atoms with Crippen LogP contribution in [0.1, 0.15) is 16.7 Å². The number of aliphatic imine (C=N–C) groups is 1. The second-order valence-electron chi connectivity index (χ2n) is 6.24. The van der Waals surface area contributed by atoms with Gasteiger partial charge in [0.15, 0.2) is 5.17 Å². The van der Waals surface area contributed by atoms with Crippen molar-refractivity contribution in [1.82, 2.24) is 5.32 Å². The van der Waals surface area contributed by atoms with Crippen LogP contribution >= 0.6 is 56.9 Å². The van der Waals surface area contributed by atoms with E-state index in [0.717, 1.165) is 35.3 Å². The van der Waals surface area contributed by atoms with Crippen LogP contribution in [0.5, 0.6) is 5.75 Å². The van der Waals surface area contributed by atoms with Crippen LogP contribution in [0.2, 0.25) is 0 Å². The van der Waals surface area contributed by atoms with Crippen LogP contribution in [0, 0.1) is 21.0 Å². The number of halogens is 2. The van der Waals surface area contributed by atoms with E-state index in [1.165, 1.54) is 11.8 Å². The van der Waals surface area contributed by atoms with Crippen molar-refractivity contribution < 1.29 is 9.53 Å². The van der Waals surface area contributed by atoms with E-state index in [9.17, 15) is 4.79 Å². The minimum atomic E-state index is -0.134. The first-order valence-corrected chi connectivity index (χ1v) is 11.4. The third kappa shape index (κ3) is 5.38. The van der Waals surface area contributed by atoms with Gasteiger partial charge in [-0.15, -0.1) is 0 Å². The molecule has 0 unspecified atom stereocenters. The number of nitrogens with zero attached hydrogens (tertiary/aromatic N) is 1. The van der Waals surface area contributed by atoms with Crippen LogP contribution in [0.15, 0.2) is 52.9 Å². The maximum atomic E-state index is 12.4. The van der Waals surface area contributed by atoms with E-state index in [0.29, 0.717) is 16.7 Å². The van der Waals surface area contributed by atoms with Crippen LogP contribution in [-0.4, -0.2) is 17.7 Å². The minimum Gasteiger partial charge on any atom is -0.487 e. The van der Waals surface area contributed by atoms with E-state index in [1.54, 1.807) is 6.08 Å². The van der Waals surface area contributed by atoms with Crippen molar-refractivity contribution in [3.05, 3.63) is 71.7 Å². The van der Waals surface area contributed by atoms with Crippen LogP contribution < -0.4 is 10.1 Å². The SMILES string of the molecule is C=CCOc1c(I)cc(/C=C2\SC(=Nc3cc(C)cc(C)c3)NC2=O)cc1I. The molecule has 0 spiro atoms. The van der Waals surface area contributed by atoms with Gasteiger partial charge in [0.25, 0.3) is 5.91 Å². The van der Waals surface area contributed by atoms with E-state index in [2.05, 4.69) is 68.1 Å². The minimum absolute atomic E-state index is 0.134. The predicted molar refractivity (Wildman–Crippen MR) is 134 cm³/mol. The lowest BCUT2D eigenvalue weighted by atomic mass is 10.1. The van der Waals surface area contributed by atoms with Crippen LogP contribution in [-0.2, 0) is 4.79 Å². The highest BCUT2D eigenvalue weighted by Gasteiger charge is 2.24. The van der Waals surface area contributed by atoms with Gasteiger partial charge in [0.1, 0.15) is 12.4 Å². The van der Waals surface area contributed by atoms with Crippen LogP contribution in [0.3, 0.4) is 0 Å². The van der Waals surface area contributed by atoms with Crippen molar-refractivity contribution in [3.8, 4) is 5.75 Å². The Morgan fingerprint density at radius 3 is 2.39 bits per heavy atom. The Balaban J connectivity index is 1.84. The fourth-order valence-electron chi connectivity index (χ4n) is 2.71. The Morgan fingerprint density at radius 1 is 1.14 bits per heavy atom. The number of ether oxygens (including phenoxy) is 1. The molecule has 144 valence electrons. The largest absolute Gasteiger partial charge is 0.487 e. The summed E-state index contributed by atoms with van der Waals surface area (Å²) in [4.78, 5) is 17.6. The summed E-state index contributed by atoms with van der Waals surface area (Å²) >= 11 is 5.84. The third-order valence-corrected chi connectivity index (χ3v) is 6.26. The first-order valence-electron chi connectivity index (χ1n) is 8.46. The lowest BCUT2D eigenvalue weighted by Gasteiger charge is -2.09. The summed E-state index contributed by atoms with van der Waals surface area (Å²) in [7, 11) is 0. The normalized spacial score (nSPS) is 16.5. The zero-order chi connectivity index (χ0) is 20.3. The van der Waals surface area contributed by atoms with Gasteiger partial charge >= 0.3 is 0 Å². The smallest absolute Gasteiger partial charge is 0.264 e. The molecule has 0 aliphatic carbocycles. The second kappa shape index (κ2) is 9.45. The maximum Gasteiger partial charge on any atom is 0.264 e. The number of rotatable bonds is 5. The van der Waals surface area contributed by atoms with E-state index in [1.807, 2.05) is 44.2 Å². The Labute approximate surface area is 196 Å². The molecule has 0 aromatic heterocycles. The Hall–Kier alpha value is -1.33. The molecular formula is C21H18I2N2O2S.